The molecule has 0 aromatic heterocycles. The number of rotatable bonds is 2. The van der Waals surface area contributed by atoms with Gasteiger partial charge in [0.25, 0.3) is 0 Å². The average Bonchev–Trinajstić information content (AvgIpc) is 3.63. The summed E-state index contributed by atoms with van der Waals surface area (Å²) in [6.07, 6.45) is 10.0. The van der Waals surface area contributed by atoms with Crippen LogP contribution in [-0.2, 0) is 26.2 Å². The minimum atomic E-state index is 0. The summed E-state index contributed by atoms with van der Waals surface area (Å²) in [5.74, 6) is 0. The van der Waals surface area contributed by atoms with Crippen LogP contribution in [0.1, 0.15) is 20.3 Å². The van der Waals surface area contributed by atoms with Crippen LogP contribution in [0.2, 0.25) is 0 Å². The first-order chi connectivity index (χ1) is 18.2. The summed E-state index contributed by atoms with van der Waals surface area (Å²) in [5, 5.41) is 26.0. The molecule has 5 aromatic carbocycles. The van der Waals surface area contributed by atoms with E-state index in [2.05, 4.69) is 127 Å². The zero-order chi connectivity index (χ0) is 26.6. The van der Waals surface area contributed by atoms with Crippen LogP contribution in [-0.4, -0.2) is 22.7 Å². The fourth-order valence-electron chi connectivity index (χ4n) is 3.45. The predicted octanol–water partition coefficient (Wildman–Crippen LogP) is 5.09. The van der Waals surface area contributed by atoms with Gasteiger partial charge in [-0.1, -0.05) is 121 Å². The third kappa shape index (κ3) is 12.7. The van der Waals surface area contributed by atoms with E-state index in [1.807, 2.05) is 12.2 Å². The van der Waals surface area contributed by atoms with Gasteiger partial charge in [-0.15, -0.1) is 59.4 Å². The Bertz CT molecular complexity index is 1210. The molecular weight excluding hydrogens is 560 g/mol. The van der Waals surface area contributed by atoms with Gasteiger partial charge in [-0.2, -0.15) is 6.08 Å². The molecule has 2 radical (unpaired) electrons. The molecule has 190 valence electrons. The molecule has 2 nitrogen and oxygen atoms in total. The minimum absolute atomic E-state index is 0. The van der Waals surface area contributed by atoms with Gasteiger partial charge in [-0.25, -0.2) is 12.2 Å². The van der Waals surface area contributed by atoms with Crippen LogP contribution in [0.5, 0.6) is 0 Å². The Labute approximate surface area is 249 Å². The van der Waals surface area contributed by atoms with E-state index in [1.165, 1.54) is 31.9 Å². The van der Waals surface area contributed by atoms with Crippen molar-refractivity contribution < 1.29 is 36.4 Å². The van der Waals surface area contributed by atoms with Crippen LogP contribution in [0, 0.1) is 6.08 Å². The Hall–Kier alpha value is -2.75. The number of allylic oxidation sites excluding steroid dienone is 4. The van der Waals surface area contributed by atoms with Gasteiger partial charge in [0.1, 0.15) is 9.52 Å². The van der Waals surface area contributed by atoms with Crippen LogP contribution in [0.15, 0.2) is 133 Å². The van der Waals surface area contributed by atoms with Crippen molar-refractivity contribution in [2.75, 3.05) is 13.2 Å². The quantitative estimate of drug-likeness (QED) is 0.212. The normalized spacial score (nSPS) is 10.4. The van der Waals surface area contributed by atoms with Crippen molar-refractivity contribution in [1.29, 1.82) is 0 Å². The Balaban J connectivity index is 0.000000271. The minimum Gasteiger partial charge on any atom is -0.855 e. The molecule has 0 saturated heterocycles. The van der Waals surface area contributed by atoms with E-state index in [4.69, 9.17) is 10.2 Å². The van der Waals surface area contributed by atoms with Crippen molar-refractivity contribution in [2.45, 2.75) is 20.3 Å². The van der Waals surface area contributed by atoms with Gasteiger partial charge in [-0.3, -0.25) is 6.08 Å². The van der Waals surface area contributed by atoms with E-state index in [1.54, 1.807) is 13.8 Å². The van der Waals surface area contributed by atoms with Crippen LogP contribution in [0.25, 0.3) is 21.5 Å². The van der Waals surface area contributed by atoms with Crippen LogP contribution < -0.4 is 20.6 Å². The van der Waals surface area contributed by atoms with Gasteiger partial charge in [0, 0.05) is 0 Å². The van der Waals surface area contributed by atoms with Crippen molar-refractivity contribution >= 4 is 41.4 Å². The third-order valence-corrected chi connectivity index (χ3v) is 6.19. The molecule has 6 rings (SSSR count). The van der Waals surface area contributed by atoms with E-state index in [9.17, 15) is 0 Å². The summed E-state index contributed by atoms with van der Waals surface area (Å²) >= 11 is 0. The maximum absolute atomic E-state index is 8.93. The fourth-order valence-corrected chi connectivity index (χ4v) is 4.51. The van der Waals surface area contributed by atoms with Gasteiger partial charge in [0.15, 0.2) is 0 Å². The maximum atomic E-state index is 8.93. The van der Waals surface area contributed by atoms with Crippen LogP contribution >= 0.6 is 0 Å². The van der Waals surface area contributed by atoms with Crippen molar-refractivity contribution in [3.63, 3.8) is 0 Å². The molecule has 4 heteroatoms. The smallest absolute Gasteiger partial charge is 0.855 e. The molecule has 0 fully saturated rings. The fraction of sp³-hybridized carbons (Fsp3) is 0.147. The third-order valence-electron chi connectivity index (χ3n) is 4.94. The van der Waals surface area contributed by atoms with Crippen molar-refractivity contribution in [3.8, 4) is 0 Å². The Morgan fingerprint density at radius 2 is 1.05 bits per heavy atom. The second-order valence-corrected chi connectivity index (χ2v) is 9.16. The average molecular weight is 594 g/mol. The van der Waals surface area contributed by atoms with Gasteiger partial charge < -0.3 is 10.2 Å². The zero-order valence-electron chi connectivity index (χ0n) is 22.1. The molecule has 0 bridgehead atoms. The first-order valence-corrected chi connectivity index (χ1v) is 13.5. The van der Waals surface area contributed by atoms with E-state index in [-0.39, 0.29) is 39.4 Å². The van der Waals surface area contributed by atoms with E-state index in [0.29, 0.717) is 0 Å². The van der Waals surface area contributed by atoms with Gasteiger partial charge in [0.2, 0.25) is 0 Å². The molecule has 0 heterocycles. The van der Waals surface area contributed by atoms with E-state index >= 15 is 0 Å². The first-order valence-electron chi connectivity index (χ1n) is 12.5. The largest absolute Gasteiger partial charge is 4.00 e. The van der Waals surface area contributed by atoms with E-state index < -0.39 is 0 Å². The van der Waals surface area contributed by atoms with Gasteiger partial charge >= 0.3 is 26.2 Å². The number of hydrogen-bond donors (Lipinski definition) is 0. The SMILES string of the molecule is CC[O-].CC[O-].[C-]1=CC=CC1.[Zr+4].c1ccc([Si]c2ccccc2)cc1.c1ccc2c(c1)[cH-]c1ccccc12. The molecule has 0 amide bonds. The zero-order valence-corrected chi connectivity index (χ0v) is 25.6. The molecule has 0 spiro atoms. The summed E-state index contributed by atoms with van der Waals surface area (Å²) in [6.45, 7) is 3.14. The predicted molar refractivity (Wildman–Crippen MR) is 158 cm³/mol. The molecule has 38 heavy (non-hydrogen) atoms. The molecule has 0 atom stereocenters. The van der Waals surface area contributed by atoms with Crippen LogP contribution in [0.3, 0.4) is 0 Å². The van der Waals surface area contributed by atoms with Crippen molar-refractivity contribution in [2.24, 2.45) is 0 Å². The molecule has 0 saturated carbocycles. The molecule has 1 aliphatic rings. The van der Waals surface area contributed by atoms with Gasteiger partial charge in [0.05, 0.1) is 0 Å². The molecule has 5 aromatic rings. The molecule has 0 N–H and O–H groups in total. The Morgan fingerprint density at radius 1 is 0.658 bits per heavy atom. The summed E-state index contributed by atoms with van der Waals surface area (Å²) in [4.78, 5) is 0. The Kier molecular flexibility index (Phi) is 18.6. The molecule has 0 aliphatic heterocycles. The second kappa shape index (κ2) is 21.2. The summed E-state index contributed by atoms with van der Waals surface area (Å²) in [7, 11) is 0.777. The summed E-state index contributed by atoms with van der Waals surface area (Å²) in [5.41, 5.74) is 0. The van der Waals surface area contributed by atoms with E-state index in [0.717, 1.165) is 15.9 Å². The summed E-state index contributed by atoms with van der Waals surface area (Å²) in [6, 6.07) is 40.4. The second-order valence-electron chi connectivity index (χ2n) is 7.76. The number of hydrogen-bond acceptors (Lipinski definition) is 2. The van der Waals surface area contributed by atoms with Crippen LogP contribution in [0.4, 0.5) is 0 Å². The first kappa shape index (κ1) is 33.3. The standard InChI is InChI=1S/C13H9.C12H10Si.C5H5.2C2H5O.Zr/c1-3-7-12-10(5-1)9-11-6-2-4-8-13(11)12;1-3-7-11(8-4-1)13-12-9-5-2-6-10-12;1-2-4-5-3-1;2*1-2-3;/h1-9H;1-10H;1-3H,4H2;2*2H2,1H3;/q-1;;3*-1;+4. The summed E-state index contributed by atoms with van der Waals surface area (Å²) < 4.78 is 0. The topological polar surface area (TPSA) is 46.1 Å². The molecule has 1 aliphatic carbocycles. The van der Waals surface area contributed by atoms with Crippen molar-refractivity contribution in [3.05, 3.63) is 140 Å². The Morgan fingerprint density at radius 3 is 1.39 bits per heavy atom. The van der Waals surface area contributed by atoms with Gasteiger partial charge in [-0.05, 0) is 0 Å². The maximum Gasteiger partial charge on any atom is 4.00 e. The number of fused-ring (bicyclic) bond motifs is 3. The van der Waals surface area contributed by atoms with Crippen molar-refractivity contribution in [1.82, 2.24) is 0 Å². The monoisotopic (exact) mass is 592 g/mol. The molecular formula is C34H34O2SiZr. The number of benzene rings is 4. The molecule has 0 unspecified atom stereocenters.